The molecule has 0 unspecified atom stereocenters. The van der Waals surface area contributed by atoms with Gasteiger partial charge in [0.05, 0.1) is 16.5 Å². The van der Waals surface area contributed by atoms with E-state index in [0.29, 0.717) is 17.2 Å². The summed E-state index contributed by atoms with van der Waals surface area (Å²) in [6.07, 6.45) is 0.458. The van der Waals surface area contributed by atoms with Crippen LogP contribution in [0.15, 0.2) is 24.3 Å². The SMILES string of the molecule is O=C(COc1ccccc1Cl)N[C@@H]1CCS(=O)(=O)C1. The van der Waals surface area contributed by atoms with Gasteiger partial charge in [0.25, 0.3) is 5.91 Å². The lowest BCUT2D eigenvalue weighted by Crippen LogP contribution is -2.38. The first kappa shape index (κ1) is 14.1. The van der Waals surface area contributed by atoms with E-state index in [4.69, 9.17) is 16.3 Å². The number of nitrogens with one attached hydrogen (secondary N) is 1. The van der Waals surface area contributed by atoms with E-state index in [1.807, 2.05) is 0 Å². The van der Waals surface area contributed by atoms with E-state index >= 15 is 0 Å². The molecule has 1 aliphatic heterocycles. The number of para-hydroxylation sites is 1. The molecule has 5 nitrogen and oxygen atoms in total. The topological polar surface area (TPSA) is 72.5 Å². The molecule has 1 atom stereocenters. The molecule has 1 saturated heterocycles. The zero-order chi connectivity index (χ0) is 13.9. The van der Waals surface area contributed by atoms with Crippen LogP contribution in [-0.2, 0) is 14.6 Å². The number of sulfone groups is 1. The Hall–Kier alpha value is -1.27. The smallest absolute Gasteiger partial charge is 0.258 e. The first-order valence-electron chi connectivity index (χ1n) is 5.83. The Balaban J connectivity index is 1.81. The van der Waals surface area contributed by atoms with Crippen molar-refractivity contribution < 1.29 is 17.9 Å². The molecule has 0 aliphatic carbocycles. The van der Waals surface area contributed by atoms with Crippen LogP contribution >= 0.6 is 11.6 Å². The van der Waals surface area contributed by atoms with Crippen molar-refractivity contribution in [3.8, 4) is 5.75 Å². The molecule has 0 bridgehead atoms. The van der Waals surface area contributed by atoms with E-state index in [-0.39, 0.29) is 30.1 Å². The van der Waals surface area contributed by atoms with Crippen LogP contribution in [0.5, 0.6) is 5.75 Å². The third kappa shape index (κ3) is 4.11. The van der Waals surface area contributed by atoms with Crippen molar-refractivity contribution >= 4 is 27.3 Å². The zero-order valence-electron chi connectivity index (χ0n) is 10.1. The van der Waals surface area contributed by atoms with Crippen LogP contribution in [0.2, 0.25) is 5.02 Å². The molecule has 1 aromatic carbocycles. The molecule has 0 saturated carbocycles. The summed E-state index contributed by atoms with van der Waals surface area (Å²) in [5.41, 5.74) is 0. The first-order valence-corrected chi connectivity index (χ1v) is 8.03. The summed E-state index contributed by atoms with van der Waals surface area (Å²) in [6.45, 7) is -0.180. The van der Waals surface area contributed by atoms with Crippen molar-refractivity contribution in [3.05, 3.63) is 29.3 Å². The standard InChI is InChI=1S/C12H14ClNO4S/c13-10-3-1-2-4-11(10)18-7-12(15)14-9-5-6-19(16,17)8-9/h1-4,9H,5-8H2,(H,14,15)/t9-/m1/s1. The van der Waals surface area contributed by atoms with Crippen molar-refractivity contribution in [2.45, 2.75) is 12.5 Å². The van der Waals surface area contributed by atoms with Crippen LogP contribution in [0.3, 0.4) is 0 Å². The average molecular weight is 304 g/mol. The van der Waals surface area contributed by atoms with Crippen LogP contribution in [0.4, 0.5) is 0 Å². The maximum Gasteiger partial charge on any atom is 0.258 e. The molecule has 1 aromatic rings. The molecule has 1 amide bonds. The molecule has 0 radical (unpaired) electrons. The van der Waals surface area contributed by atoms with Crippen LogP contribution in [0, 0.1) is 0 Å². The van der Waals surface area contributed by atoms with Gasteiger partial charge >= 0.3 is 0 Å². The Bertz CT molecular complexity index is 573. The third-order valence-corrected chi connectivity index (χ3v) is 4.87. The first-order chi connectivity index (χ1) is 8.96. The minimum atomic E-state index is -2.99. The predicted octanol–water partition coefficient (Wildman–Crippen LogP) is 1.02. The number of hydrogen-bond donors (Lipinski definition) is 1. The summed E-state index contributed by atoms with van der Waals surface area (Å²) in [6, 6.07) is 6.53. The Morgan fingerprint density at radius 3 is 2.79 bits per heavy atom. The predicted molar refractivity (Wildman–Crippen MR) is 72.1 cm³/mol. The molecule has 0 spiro atoms. The fourth-order valence-corrected chi connectivity index (χ4v) is 3.75. The van der Waals surface area contributed by atoms with Gasteiger partial charge in [-0.05, 0) is 18.6 Å². The number of carbonyl (C=O) groups excluding carboxylic acids is 1. The summed E-state index contributed by atoms with van der Waals surface area (Å²) in [5, 5.41) is 3.07. The summed E-state index contributed by atoms with van der Waals surface area (Å²) in [4.78, 5) is 11.6. The molecular weight excluding hydrogens is 290 g/mol. The number of halogens is 1. The second-order valence-corrected chi connectivity index (χ2v) is 7.02. The second kappa shape index (κ2) is 5.79. The lowest BCUT2D eigenvalue weighted by Gasteiger charge is -2.12. The van der Waals surface area contributed by atoms with E-state index in [0.717, 1.165) is 0 Å². The number of rotatable bonds is 4. The molecule has 1 fully saturated rings. The summed E-state index contributed by atoms with van der Waals surface area (Å²) in [5.74, 6) is 0.217. The number of ether oxygens (including phenoxy) is 1. The molecule has 2 rings (SSSR count). The zero-order valence-corrected chi connectivity index (χ0v) is 11.7. The Morgan fingerprint density at radius 1 is 1.42 bits per heavy atom. The van der Waals surface area contributed by atoms with Crippen LogP contribution < -0.4 is 10.1 Å². The van der Waals surface area contributed by atoms with Gasteiger partial charge in [0.2, 0.25) is 0 Å². The number of benzene rings is 1. The highest BCUT2D eigenvalue weighted by atomic mass is 35.5. The Morgan fingerprint density at radius 2 is 2.16 bits per heavy atom. The number of amides is 1. The fraction of sp³-hybridized carbons (Fsp3) is 0.417. The highest BCUT2D eigenvalue weighted by Crippen LogP contribution is 2.22. The van der Waals surface area contributed by atoms with E-state index in [1.165, 1.54) is 0 Å². The summed E-state index contributed by atoms with van der Waals surface area (Å²) >= 11 is 5.88. The largest absolute Gasteiger partial charge is 0.482 e. The van der Waals surface area contributed by atoms with E-state index in [9.17, 15) is 13.2 Å². The van der Waals surface area contributed by atoms with Crippen molar-refractivity contribution in [1.82, 2.24) is 5.32 Å². The average Bonchev–Trinajstić information content (AvgIpc) is 2.67. The molecule has 19 heavy (non-hydrogen) atoms. The van der Waals surface area contributed by atoms with E-state index in [1.54, 1.807) is 24.3 Å². The van der Waals surface area contributed by atoms with Crippen molar-refractivity contribution in [3.63, 3.8) is 0 Å². The van der Waals surface area contributed by atoms with Crippen molar-refractivity contribution in [2.75, 3.05) is 18.1 Å². The quantitative estimate of drug-likeness (QED) is 0.901. The van der Waals surface area contributed by atoms with Gasteiger partial charge < -0.3 is 10.1 Å². The maximum absolute atomic E-state index is 11.6. The molecule has 1 N–H and O–H groups in total. The summed E-state index contributed by atoms with van der Waals surface area (Å²) < 4.78 is 27.8. The van der Waals surface area contributed by atoms with E-state index < -0.39 is 9.84 Å². The number of carbonyl (C=O) groups is 1. The van der Waals surface area contributed by atoms with Crippen molar-refractivity contribution in [1.29, 1.82) is 0 Å². The minimum Gasteiger partial charge on any atom is -0.482 e. The molecular formula is C12H14ClNO4S. The van der Waals surface area contributed by atoms with Crippen LogP contribution in [0.25, 0.3) is 0 Å². The molecule has 7 heteroatoms. The highest BCUT2D eigenvalue weighted by molar-refractivity contribution is 7.91. The second-order valence-electron chi connectivity index (χ2n) is 4.39. The lowest BCUT2D eigenvalue weighted by atomic mass is 10.2. The van der Waals surface area contributed by atoms with E-state index in [2.05, 4.69) is 5.32 Å². The van der Waals surface area contributed by atoms with Gasteiger partial charge in [-0.2, -0.15) is 0 Å². The molecule has 104 valence electrons. The van der Waals surface area contributed by atoms with Crippen LogP contribution in [-0.4, -0.2) is 38.5 Å². The van der Waals surface area contributed by atoms with Gasteiger partial charge in [-0.25, -0.2) is 8.42 Å². The fourth-order valence-electron chi connectivity index (χ4n) is 1.88. The Kier molecular flexibility index (Phi) is 4.31. The number of hydrogen-bond acceptors (Lipinski definition) is 4. The monoisotopic (exact) mass is 303 g/mol. The van der Waals surface area contributed by atoms with Gasteiger partial charge in [-0.1, -0.05) is 23.7 Å². The van der Waals surface area contributed by atoms with Gasteiger partial charge in [0.15, 0.2) is 16.4 Å². The third-order valence-electron chi connectivity index (χ3n) is 2.79. The van der Waals surface area contributed by atoms with Crippen molar-refractivity contribution in [2.24, 2.45) is 0 Å². The van der Waals surface area contributed by atoms with Gasteiger partial charge in [0.1, 0.15) is 5.75 Å². The Labute approximate surface area is 116 Å². The maximum atomic E-state index is 11.6. The van der Waals surface area contributed by atoms with Crippen LogP contribution in [0.1, 0.15) is 6.42 Å². The molecule has 1 aliphatic rings. The normalized spacial score (nSPS) is 21.0. The molecule has 1 heterocycles. The molecule has 0 aromatic heterocycles. The summed E-state index contributed by atoms with van der Waals surface area (Å²) in [7, 11) is -2.99. The minimum absolute atomic E-state index is 0.00479. The van der Waals surface area contributed by atoms with Gasteiger partial charge in [-0.3, -0.25) is 4.79 Å². The highest BCUT2D eigenvalue weighted by Gasteiger charge is 2.28. The van der Waals surface area contributed by atoms with Gasteiger partial charge in [0, 0.05) is 6.04 Å². The van der Waals surface area contributed by atoms with Gasteiger partial charge in [-0.15, -0.1) is 0 Å². The lowest BCUT2D eigenvalue weighted by molar-refractivity contribution is -0.123.